The monoisotopic (exact) mass is 478 g/mol. The number of hydrogen-bond donors (Lipinski definition) is 0. The van der Waals surface area contributed by atoms with Crippen LogP contribution in [0.3, 0.4) is 0 Å². The lowest BCUT2D eigenvalue weighted by Gasteiger charge is -2.32. The Balaban J connectivity index is 1.39. The summed E-state index contributed by atoms with van der Waals surface area (Å²) in [7, 11) is 0. The number of fused-ring (bicyclic) bond motifs is 5. The molecule has 3 aliphatic rings. The van der Waals surface area contributed by atoms with E-state index >= 15 is 0 Å². The Hall–Kier alpha value is -3.73. The molecule has 1 heterocycles. The molecule has 2 bridgehead atoms. The van der Waals surface area contributed by atoms with Crippen LogP contribution in [-0.2, 0) is 27.3 Å². The standard InChI is InChI=1S/C31H30N2O3/c34-29(32(25-14-8-3-9-15-25)20-22-12-6-2-7-13-22)26(18-21-10-4-1-5-11-21)33-30(35)27-23-16-17-24(19-23)28(27)31(33)36/h1-15,23-24,26-28H,16-20H2/t23-,24-,26-,27-,28+/m0/s1. The van der Waals surface area contributed by atoms with Gasteiger partial charge in [0.2, 0.25) is 11.8 Å². The molecule has 6 rings (SSSR count). The molecular weight excluding hydrogens is 448 g/mol. The van der Waals surface area contributed by atoms with Crippen LogP contribution in [0.4, 0.5) is 5.69 Å². The van der Waals surface area contributed by atoms with Crippen molar-refractivity contribution in [2.75, 3.05) is 4.90 Å². The van der Waals surface area contributed by atoms with Gasteiger partial charge < -0.3 is 4.90 Å². The predicted molar refractivity (Wildman–Crippen MR) is 138 cm³/mol. The molecule has 3 amide bonds. The molecule has 0 radical (unpaired) electrons. The van der Waals surface area contributed by atoms with Gasteiger partial charge in [-0.05, 0) is 54.4 Å². The van der Waals surface area contributed by atoms with Gasteiger partial charge in [0.25, 0.3) is 5.91 Å². The lowest BCUT2D eigenvalue weighted by atomic mass is 9.81. The molecule has 5 heteroatoms. The molecule has 36 heavy (non-hydrogen) atoms. The third-order valence-corrected chi connectivity index (χ3v) is 8.35. The van der Waals surface area contributed by atoms with E-state index in [1.165, 1.54) is 4.90 Å². The molecule has 3 aromatic rings. The molecule has 0 spiro atoms. The van der Waals surface area contributed by atoms with Crippen LogP contribution in [0, 0.1) is 23.7 Å². The highest BCUT2D eigenvalue weighted by Crippen LogP contribution is 2.56. The third kappa shape index (κ3) is 3.93. The number of amides is 3. The Morgan fingerprint density at radius 3 is 1.81 bits per heavy atom. The van der Waals surface area contributed by atoms with Crippen molar-refractivity contribution in [1.82, 2.24) is 4.90 Å². The van der Waals surface area contributed by atoms with E-state index in [1.54, 1.807) is 4.90 Å². The molecule has 182 valence electrons. The zero-order valence-corrected chi connectivity index (χ0v) is 20.2. The summed E-state index contributed by atoms with van der Waals surface area (Å²) in [4.78, 5) is 45.0. The van der Waals surface area contributed by atoms with Crippen molar-refractivity contribution in [3.63, 3.8) is 0 Å². The number of rotatable bonds is 7. The number of imide groups is 1. The minimum absolute atomic E-state index is 0.140. The highest BCUT2D eigenvalue weighted by Gasteiger charge is 2.62. The molecule has 5 nitrogen and oxygen atoms in total. The fourth-order valence-electron chi connectivity index (χ4n) is 6.72. The van der Waals surface area contributed by atoms with Gasteiger partial charge >= 0.3 is 0 Å². The molecule has 2 aliphatic carbocycles. The number of carbonyl (C=O) groups excluding carboxylic acids is 3. The molecule has 5 atom stereocenters. The fraction of sp³-hybridized carbons (Fsp3) is 0.323. The van der Waals surface area contributed by atoms with E-state index in [0.717, 1.165) is 36.1 Å². The second-order valence-corrected chi connectivity index (χ2v) is 10.4. The van der Waals surface area contributed by atoms with Crippen molar-refractivity contribution in [1.29, 1.82) is 0 Å². The first-order chi connectivity index (χ1) is 17.6. The van der Waals surface area contributed by atoms with E-state index in [4.69, 9.17) is 0 Å². The van der Waals surface area contributed by atoms with Gasteiger partial charge in [-0.1, -0.05) is 78.9 Å². The first-order valence-corrected chi connectivity index (χ1v) is 12.9. The minimum Gasteiger partial charge on any atom is -0.306 e. The van der Waals surface area contributed by atoms with Gasteiger partial charge in [0.1, 0.15) is 6.04 Å². The molecule has 0 aromatic heterocycles. The Bertz CT molecular complexity index is 1230. The Labute approximate surface area is 211 Å². The molecule has 3 fully saturated rings. The summed E-state index contributed by atoms with van der Waals surface area (Å²) in [6.45, 7) is 0.364. The zero-order valence-electron chi connectivity index (χ0n) is 20.2. The topological polar surface area (TPSA) is 57.7 Å². The number of hydrogen-bond acceptors (Lipinski definition) is 3. The van der Waals surface area contributed by atoms with Crippen LogP contribution in [0.1, 0.15) is 30.4 Å². The Morgan fingerprint density at radius 1 is 0.750 bits per heavy atom. The van der Waals surface area contributed by atoms with Gasteiger partial charge in [0.05, 0.1) is 18.4 Å². The molecule has 1 aliphatic heterocycles. The largest absolute Gasteiger partial charge is 0.306 e. The van der Waals surface area contributed by atoms with Crippen molar-refractivity contribution >= 4 is 23.4 Å². The molecule has 1 saturated heterocycles. The Kier molecular flexibility index (Phi) is 5.92. The van der Waals surface area contributed by atoms with Crippen LogP contribution in [-0.4, -0.2) is 28.7 Å². The van der Waals surface area contributed by atoms with Gasteiger partial charge in [0, 0.05) is 12.1 Å². The zero-order chi connectivity index (χ0) is 24.6. The lowest BCUT2D eigenvalue weighted by Crippen LogP contribution is -2.53. The molecule has 3 aromatic carbocycles. The van der Waals surface area contributed by atoms with Crippen LogP contribution < -0.4 is 4.90 Å². The minimum atomic E-state index is -0.874. The molecule has 2 saturated carbocycles. The Morgan fingerprint density at radius 2 is 1.25 bits per heavy atom. The van der Waals surface area contributed by atoms with Gasteiger partial charge in [-0.25, -0.2) is 0 Å². The highest BCUT2D eigenvalue weighted by atomic mass is 16.2. The fourth-order valence-corrected chi connectivity index (χ4v) is 6.72. The number of para-hydroxylation sites is 1. The van der Waals surface area contributed by atoms with E-state index in [2.05, 4.69) is 0 Å². The summed E-state index contributed by atoms with van der Waals surface area (Å²) in [5.74, 6) is -0.434. The SMILES string of the molecule is O=C([C@H](Cc1ccccc1)N1C(=O)[C@@H]2[C@H]3CC[C@@H](C3)[C@@H]2C1=O)N(Cc1ccccc1)c1ccccc1. The first-order valence-electron chi connectivity index (χ1n) is 12.9. The summed E-state index contributed by atoms with van der Waals surface area (Å²) in [6.07, 6.45) is 3.31. The summed E-state index contributed by atoms with van der Waals surface area (Å²) in [5.41, 5.74) is 2.68. The third-order valence-electron chi connectivity index (χ3n) is 8.35. The van der Waals surface area contributed by atoms with Gasteiger partial charge in [-0.15, -0.1) is 0 Å². The maximum atomic E-state index is 14.4. The quantitative estimate of drug-likeness (QED) is 0.456. The smallest absolute Gasteiger partial charge is 0.250 e. The summed E-state index contributed by atoms with van der Waals surface area (Å²) in [6, 6.07) is 28.2. The molecule has 0 N–H and O–H groups in total. The summed E-state index contributed by atoms with van der Waals surface area (Å²) < 4.78 is 0. The van der Waals surface area contributed by atoms with E-state index in [-0.39, 0.29) is 41.4 Å². The predicted octanol–water partition coefficient (Wildman–Crippen LogP) is 4.86. The van der Waals surface area contributed by atoms with Gasteiger partial charge in [0.15, 0.2) is 0 Å². The number of nitrogens with zero attached hydrogens (tertiary/aromatic N) is 2. The summed E-state index contributed by atoms with van der Waals surface area (Å²) in [5, 5.41) is 0. The normalized spacial score (nSPS) is 25.2. The van der Waals surface area contributed by atoms with Crippen LogP contribution in [0.15, 0.2) is 91.0 Å². The van der Waals surface area contributed by atoms with Crippen LogP contribution in [0.5, 0.6) is 0 Å². The number of benzene rings is 3. The van der Waals surface area contributed by atoms with Crippen molar-refractivity contribution in [2.45, 2.75) is 38.3 Å². The van der Waals surface area contributed by atoms with Crippen molar-refractivity contribution in [3.05, 3.63) is 102 Å². The van der Waals surface area contributed by atoms with E-state index < -0.39 is 6.04 Å². The highest BCUT2D eigenvalue weighted by molar-refractivity contribution is 6.11. The number of anilines is 1. The van der Waals surface area contributed by atoms with E-state index in [9.17, 15) is 14.4 Å². The second kappa shape index (κ2) is 9.38. The van der Waals surface area contributed by atoms with Gasteiger partial charge in [-0.3, -0.25) is 19.3 Å². The first kappa shape index (κ1) is 22.7. The average Bonchev–Trinajstić information content (AvgIpc) is 3.61. The maximum Gasteiger partial charge on any atom is 0.250 e. The maximum absolute atomic E-state index is 14.4. The van der Waals surface area contributed by atoms with Gasteiger partial charge in [-0.2, -0.15) is 0 Å². The van der Waals surface area contributed by atoms with E-state index in [0.29, 0.717) is 13.0 Å². The van der Waals surface area contributed by atoms with Crippen molar-refractivity contribution in [3.8, 4) is 0 Å². The molecular formula is C31H30N2O3. The van der Waals surface area contributed by atoms with Crippen molar-refractivity contribution in [2.24, 2.45) is 23.7 Å². The average molecular weight is 479 g/mol. The number of carbonyl (C=O) groups is 3. The van der Waals surface area contributed by atoms with E-state index in [1.807, 2.05) is 91.0 Å². The van der Waals surface area contributed by atoms with Crippen LogP contribution in [0.2, 0.25) is 0 Å². The van der Waals surface area contributed by atoms with Crippen LogP contribution in [0.25, 0.3) is 0 Å². The lowest BCUT2D eigenvalue weighted by molar-refractivity contribution is -0.148. The second-order valence-electron chi connectivity index (χ2n) is 10.4. The molecule has 0 unspecified atom stereocenters. The van der Waals surface area contributed by atoms with Crippen LogP contribution >= 0.6 is 0 Å². The number of likely N-dealkylation sites (tertiary alicyclic amines) is 1. The summed E-state index contributed by atoms with van der Waals surface area (Å²) >= 11 is 0. The van der Waals surface area contributed by atoms with Crippen molar-refractivity contribution < 1.29 is 14.4 Å².